The molecular weight excluding hydrogens is 248 g/mol. The molecule has 19 heavy (non-hydrogen) atoms. The number of nitrogens with zero attached hydrogens (tertiary/aromatic N) is 4. The van der Waals surface area contributed by atoms with E-state index in [-0.39, 0.29) is 18.4 Å². The highest BCUT2D eigenvalue weighted by Crippen LogP contribution is 2.18. The molecule has 0 aromatic carbocycles. The second kappa shape index (κ2) is 5.65. The molecule has 1 saturated carbocycles. The molecule has 104 valence electrons. The number of hydrogen-bond acceptors (Lipinski definition) is 8. The Hall–Kier alpha value is -2.16. The van der Waals surface area contributed by atoms with Crippen LogP contribution in [0.25, 0.3) is 0 Å². The zero-order valence-corrected chi connectivity index (χ0v) is 11.0. The van der Waals surface area contributed by atoms with Gasteiger partial charge in [-0.2, -0.15) is 15.0 Å². The first-order chi connectivity index (χ1) is 9.08. The van der Waals surface area contributed by atoms with Crippen LogP contribution in [0.3, 0.4) is 0 Å². The minimum absolute atomic E-state index is 0.0726. The van der Waals surface area contributed by atoms with Gasteiger partial charge in [0.15, 0.2) is 0 Å². The molecule has 1 aliphatic rings. The number of hydrazine groups is 1. The number of nitrogen functional groups attached to an aromatic ring is 1. The summed E-state index contributed by atoms with van der Waals surface area (Å²) < 4.78 is 0. The lowest BCUT2D eigenvalue weighted by molar-refractivity contribution is -0.119. The minimum Gasteiger partial charge on any atom is -0.352 e. The summed E-state index contributed by atoms with van der Waals surface area (Å²) >= 11 is 0. The van der Waals surface area contributed by atoms with Crippen LogP contribution < -0.4 is 26.8 Å². The van der Waals surface area contributed by atoms with Crippen molar-refractivity contribution >= 4 is 23.8 Å². The van der Waals surface area contributed by atoms with Crippen molar-refractivity contribution in [3.8, 4) is 0 Å². The molecule has 0 atom stereocenters. The molecule has 1 amide bonds. The number of nitrogens with two attached hydrogens (primary N) is 1. The molecule has 9 heteroatoms. The lowest BCUT2D eigenvalue weighted by Gasteiger charge is -2.13. The highest BCUT2D eigenvalue weighted by Gasteiger charge is 2.23. The lowest BCUT2D eigenvalue weighted by atomic mass is 10.5. The molecule has 0 radical (unpaired) electrons. The van der Waals surface area contributed by atoms with Crippen LogP contribution in [0.15, 0.2) is 0 Å². The van der Waals surface area contributed by atoms with E-state index in [1.54, 1.807) is 19.0 Å². The van der Waals surface area contributed by atoms with E-state index in [2.05, 4.69) is 31.0 Å². The van der Waals surface area contributed by atoms with Crippen molar-refractivity contribution in [3.05, 3.63) is 0 Å². The second-order valence-electron chi connectivity index (χ2n) is 4.52. The summed E-state index contributed by atoms with van der Waals surface area (Å²) in [5.74, 6) is 6.21. The average molecular weight is 266 g/mol. The number of carbonyl (C=O) groups excluding carboxylic acids is 1. The first-order valence-corrected chi connectivity index (χ1v) is 6.01. The Kier molecular flexibility index (Phi) is 3.95. The molecule has 1 aromatic rings. The summed E-state index contributed by atoms with van der Waals surface area (Å²) in [5, 5.41) is 5.72. The number of hydrogen-bond donors (Lipinski definition) is 4. The zero-order chi connectivity index (χ0) is 13.8. The van der Waals surface area contributed by atoms with Crippen molar-refractivity contribution in [2.45, 2.75) is 18.9 Å². The van der Waals surface area contributed by atoms with Crippen LogP contribution in [0.5, 0.6) is 0 Å². The standard InChI is InChI=1S/C10H18N8O/c1-18(2)10-15-8(14-9(16-10)17-11)12-5-7(19)13-6-3-4-6/h6H,3-5,11H2,1-2H3,(H,13,19)(H2,12,14,15,16,17). The summed E-state index contributed by atoms with van der Waals surface area (Å²) in [5.41, 5.74) is 2.36. The fourth-order valence-electron chi connectivity index (χ4n) is 1.37. The van der Waals surface area contributed by atoms with E-state index in [1.165, 1.54) is 0 Å². The summed E-state index contributed by atoms with van der Waals surface area (Å²) in [6, 6.07) is 0.339. The van der Waals surface area contributed by atoms with Crippen molar-refractivity contribution in [3.63, 3.8) is 0 Å². The van der Waals surface area contributed by atoms with Gasteiger partial charge in [0.25, 0.3) is 0 Å². The molecule has 1 aliphatic carbocycles. The SMILES string of the molecule is CN(C)c1nc(NN)nc(NCC(=O)NC2CC2)n1. The molecule has 0 unspecified atom stereocenters. The largest absolute Gasteiger partial charge is 0.352 e. The number of nitrogens with one attached hydrogen (secondary N) is 3. The Morgan fingerprint density at radius 2 is 2.00 bits per heavy atom. The normalized spacial score (nSPS) is 13.8. The summed E-state index contributed by atoms with van der Waals surface area (Å²) in [4.78, 5) is 25.5. The van der Waals surface area contributed by atoms with Gasteiger partial charge in [0.1, 0.15) is 0 Å². The molecule has 0 saturated heterocycles. The van der Waals surface area contributed by atoms with Gasteiger partial charge < -0.3 is 15.5 Å². The maximum absolute atomic E-state index is 11.5. The van der Waals surface area contributed by atoms with Crippen LogP contribution in [-0.4, -0.2) is 47.5 Å². The Labute approximate surface area is 111 Å². The van der Waals surface area contributed by atoms with Crippen LogP contribution in [0.1, 0.15) is 12.8 Å². The number of anilines is 3. The molecule has 0 bridgehead atoms. The number of aromatic nitrogens is 3. The van der Waals surface area contributed by atoms with Gasteiger partial charge in [-0.15, -0.1) is 0 Å². The van der Waals surface area contributed by atoms with Gasteiger partial charge in [-0.1, -0.05) is 0 Å². The van der Waals surface area contributed by atoms with Crippen molar-refractivity contribution < 1.29 is 4.79 Å². The third-order valence-corrected chi connectivity index (χ3v) is 2.50. The Bertz CT molecular complexity index is 459. The lowest BCUT2D eigenvalue weighted by Crippen LogP contribution is -2.32. The topological polar surface area (TPSA) is 121 Å². The predicted molar refractivity (Wildman–Crippen MR) is 71.6 cm³/mol. The molecule has 0 spiro atoms. The number of amides is 1. The predicted octanol–water partition coefficient (Wildman–Crippen LogP) is -1.09. The van der Waals surface area contributed by atoms with Crippen molar-refractivity contribution in [2.75, 3.05) is 36.3 Å². The van der Waals surface area contributed by atoms with Crippen LogP contribution in [-0.2, 0) is 4.79 Å². The second-order valence-corrected chi connectivity index (χ2v) is 4.52. The highest BCUT2D eigenvalue weighted by molar-refractivity contribution is 5.80. The smallest absolute Gasteiger partial charge is 0.243 e. The van der Waals surface area contributed by atoms with Gasteiger partial charge in [0, 0.05) is 20.1 Å². The highest BCUT2D eigenvalue weighted by atomic mass is 16.2. The minimum atomic E-state index is -0.0726. The average Bonchev–Trinajstić information content (AvgIpc) is 3.19. The fraction of sp³-hybridized carbons (Fsp3) is 0.600. The van der Waals surface area contributed by atoms with E-state index in [9.17, 15) is 4.79 Å². The first kappa shape index (κ1) is 13.3. The summed E-state index contributed by atoms with van der Waals surface area (Å²) in [6.07, 6.45) is 2.12. The zero-order valence-electron chi connectivity index (χ0n) is 11.0. The molecule has 1 fully saturated rings. The van der Waals surface area contributed by atoms with E-state index in [0.29, 0.717) is 17.9 Å². The van der Waals surface area contributed by atoms with Gasteiger partial charge in [0.2, 0.25) is 23.8 Å². The Balaban J connectivity index is 1.97. The molecule has 5 N–H and O–H groups in total. The van der Waals surface area contributed by atoms with Gasteiger partial charge in [-0.25, -0.2) is 5.84 Å². The number of rotatable bonds is 6. The Morgan fingerprint density at radius 3 is 2.58 bits per heavy atom. The van der Waals surface area contributed by atoms with E-state index in [4.69, 9.17) is 5.84 Å². The van der Waals surface area contributed by atoms with Gasteiger partial charge in [-0.05, 0) is 12.8 Å². The quantitative estimate of drug-likeness (QED) is 0.379. The molecule has 0 aliphatic heterocycles. The van der Waals surface area contributed by atoms with E-state index in [1.807, 2.05) is 0 Å². The maximum atomic E-state index is 11.5. The van der Waals surface area contributed by atoms with Crippen LogP contribution in [0.4, 0.5) is 17.8 Å². The fourth-order valence-corrected chi connectivity index (χ4v) is 1.37. The maximum Gasteiger partial charge on any atom is 0.243 e. The monoisotopic (exact) mass is 266 g/mol. The van der Waals surface area contributed by atoms with E-state index in [0.717, 1.165) is 12.8 Å². The van der Waals surface area contributed by atoms with Gasteiger partial charge >= 0.3 is 0 Å². The van der Waals surface area contributed by atoms with Crippen molar-refractivity contribution in [2.24, 2.45) is 5.84 Å². The van der Waals surface area contributed by atoms with Crippen molar-refractivity contribution in [1.29, 1.82) is 0 Å². The summed E-state index contributed by atoms with van der Waals surface area (Å²) in [7, 11) is 3.61. The van der Waals surface area contributed by atoms with E-state index >= 15 is 0 Å². The van der Waals surface area contributed by atoms with E-state index < -0.39 is 0 Å². The molecule has 1 aromatic heterocycles. The summed E-state index contributed by atoms with van der Waals surface area (Å²) in [6.45, 7) is 0.122. The van der Waals surface area contributed by atoms with Crippen LogP contribution in [0, 0.1) is 0 Å². The molecular formula is C10H18N8O. The van der Waals surface area contributed by atoms with Gasteiger partial charge in [-0.3, -0.25) is 10.2 Å². The van der Waals surface area contributed by atoms with Crippen molar-refractivity contribution in [1.82, 2.24) is 20.3 Å². The molecule has 1 heterocycles. The third kappa shape index (κ3) is 3.91. The molecule has 2 rings (SSSR count). The van der Waals surface area contributed by atoms with Crippen LogP contribution >= 0.6 is 0 Å². The Morgan fingerprint density at radius 1 is 1.32 bits per heavy atom. The van der Waals surface area contributed by atoms with Gasteiger partial charge in [0.05, 0.1) is 6.54 Å². The number of carbonyl (C=O) groups is 1. The molecule has 9 nitrogen and oxygen atoms in total. The third-order valence-electron chi connectivity index (χ3n) is 2.50. The first-order valence-electron chi connectivity index (χ1n) is 6.01. The van der Waals surface area contributed by atoms with Crippen LogP contribution in [0.2, 0.25) is 0 Å².